The number of alkyl halides is 3. The number of hydrogen-bond donors (Lipinski definition) is 1. The Morgan fingerprint density at radius 2 is 1.59 bits per heavy atom. The van der Waals surface area contributed by atoms with Crippen LogP contribution >= 0.6 is 15.9 Å². The lowest BCUT2D eigenvalue weighted by Gasteiger charge is -2.29. The summed E-state index contributed by atoms with van der Waals surface area (Å²) < 4.78 is 39.7. The fraction of sp³-hybridized carbons (Fsp3) is 0.455. The quantitative estimate of drug-likeness (QED) is 0.808. The molecular weight excluding hydrogens is 311 g/mol. The molecule has 1 aromatic rings. The van der Waals surface area contributed by atoms with E-state index in [9.17, 15) is 13.2 Å². The van der Waals surface area contributed by atoms with Gasteiger partial charge in [0.1, 0.15) is 14.3 Å². The fourth-order valence-corrected chi connectivity index (χ4v) is 2.90. The van der Waals surface area contributed by atoms with Crippen LogP contribution in [0.4, 0.5) is 13.2 Å². The van der Waals surface area contributed by atoms with Crippen molar-refractivity contribution in [1.29, 1.82) is 0 Å². The minimum atomic E-state index is -4.27. The summed E-state index contributed by atoms with van der Waals surface area (Å²) in [6.45, 7) is 5.56. The molecule has 1 aromatic carbocycles. The maximum absolute atomic E-state index is 13.0. The summed E-state index contributed by atoms with van der Waals surface area (Å²) in [7, 11) is -2.01. The third-order valence-electron chi connectivity index (χ3n) is 2.11. The van der Waals surface area contributed by atoms with E-state index in [0.717, 1.165) is 4.47 Å². The van der Waals surface area contributed by atoms with Gasteiger partial charge in [-0.15, -0.1) is 0 Å². The van der Waals surface area contributed by atoms with Crippen LogP contribution in [-0.4, -0.2) is 14.4 Å². The second-order valence-electron chi connectivity index (χ2n) is 4.92. The van der Waals surface area contributed by atoms with Crippen LogP contribution in [0.5, 0.6) is 0 Å². The second-order valence-corrected chi connectivity index (χ2v) is 10.6. The number of rotatable bonds is 3. The Bertz CT molecular complexity index is 370. The van der Waals surface area contributed by atoms with Gasteiger partial charge in [0, 0.05) is 4.47 Å². The summed E-state index contributed by atoms with van der Waals surface area (Å²) in [6, 6.07) is 4.66. The minimum Gasteiger partial charge on any atom is -0.324 e. The zero-order chi connectivity index (χ0) is 13.3. The van der Waals surface area contributed by atoms with Crippen LogP contribution in [0, 0.1) is 0 Å². The highest BCUT2D eigenvalue weighted by molar-refractivity contribution is 9.10. The molecule has 6 heteroatoms. The zero-order valence-corrected chi connectivity index (χ0v) is 12.5. The van der Waals surface area contributed by atoms with Crippen LogP contribution in [-0.2, 0) is 0 Å². The predicted molar refractivity (Wildman–Crippen MR) is 69.4 cm³/mol. The Balaban J connectivity index is 3.03. The van der Waals surface area contributed by atoms with Gasteiger partial charge in [-0.25, -0.2) is 0 Å². The van der Waals surface area contributed by atoms with Gasteiger partial charge in [0.05, 0.1) is 0 Å². The van der Waals surface area contributed by atoms with E-state index in [1.54, 1.807) is 12.1 Å². The van der Waals surface area contributed by atoms with E-state index in [0.29, 0.717) is 0 Å². The summed E-state index contributed by atoms with van der Waals surface area (Å²) in [5.41, 5.74) is 0.253. The van der Waals surface area contributed by atoms with Gasteiger partial charge in [0.25, 0.3) is 0 Å². The van der Waals surface area contributed by atoms with Crippen LogP contribution in [0.2, 0.25) is 19.6 Å². The minimum absolute atomic E-state index is 0.253. The molecule has 0 bridgehead atoms. The molecule has 0 spiro atoms. The standard InChI is InChI=1S/C11H15BrF3NSi/c1-17(2,3)16-10(11(13,14)15)8-4-6-9(12)7-5-8/h4-7,10,16H,1-3H3. The van der Waals surface area contributed by atoms with E-state index in [4.69, 9.17) is 0 Å². The van der Waals surface area contributed by atoms with Gasteiger partial charge in [0.15, 0.2) is 0 Å². The van der Waals surface area contributed by atoms with Crippen molar-refractivity contribution < 1.29 is 13.2 Å². The molecule has 17 heavy (non-hydrogen) atoms. The first-order chi connectivity index (χ1) is 7.59. The monoisotopic (exact) mass is 325 g/mol. The Labute approximate surface area is 109 Å². The van der Waals surface area contributed by atoms with Crippen molar-refractivity contribution in [2.24, 2.45) is 0 Å². The molecule has 0 heterocycles. The van der Waals surface area contributed by atoms with Gasteiger partial charge in [0.2, 0.25) is 0 Å². The van der Waals surface area contributed by atoms with Gasteiger partial charge < -0.3 is 4.98 Å². The molecule has 0 amide bonds. The Kier molecular flexibility index (Phi) is 4.43. The molecule has 0 aromatic heterocycles. The SMILES string of the molecule is C[Si](C)(C)NC(c1ccc(Br)cc1)C(F)(F)F. The average molecular weight is 326 g/mol. The van der Waals surface area contributed by atoms with Gasteiger partial charge in [-0.2, -0.15) is 13.2 Å². The zero-order valence-electron chi connectivity index (χ0n) is 9.90. The van der Waals surface area contributed by atoms with Crippen molar-refractivity contribution >= 4 is 24.2 Å². The van der Waals surface area contributed by atoms with E-state index in [2.05, 4.69) is 20.9 Å². The molecule has 0 aliphatic carbocycles. The summed E-state index contributed by atoms with van der Waals surface area (Å²) >= 11 is 3.21. The molecule has 0 radical (unpaired) electrons. The van der Waals surface area contributed by atoms with Crippen LogP contribution in [0.15, 0.2) is 28.7 Å². The first-order valence-electron chi connectivity index (χ1n) is 5.19. The Morgan fingerprint density at radius 1 is 1.12 bits per heavy atom. The molecule has 0 fully saturated rings. The maximum atomic E-state index is 13.0. The lowest BCUT2D eigenvalue weighted by molar-refractivity contribution is -0.153. The molecule has 1 N–H and O–H groups in total. The molecule has 96 valence electrons. The van der Waals surface area contributed by atoms with Crippen molar-refractivity contribution in [1.82, 2.24) is 4.98 Å². The Hall–Kier alpha value is -0.333. The van der Waals surface area contributed by atoms with Crippen molar-refractivity contribution in [3.8, 4) is 0 Å². The number of benzene rings is 1. The molecule has 1 atom stereocenters. The smallest absolute Gasteiger partial charge is 0.324 e. The summed E-state index contributed by atoms with van der Waals surface area (Å²) in [6.07, 6.45) is -4.27. The summed E-state index contributed by atoms with van der Waals surface area (Å²) in [5, 5.41) is 0. The van der Waals surface area contributed by atoms with Crippen molar-refractivity contribution in [2.45, 2.75) is 31.9 Å². The molecule has 0 saturated heterocycles. The largest absolute Gasteiger partial charge is 0.407 e. The highest BCUT2D eigenvalue weighted by atomic mass is 79.9. The predicted octanol–water partition coefficient (Wildman–Crippen LogP) is 4.48. The van der Waals surface area contributed by atoms with Crippen LogP contribution in [0.3, 0.4) is 0 Å². The van der Waals surface area contributed by atoms with Crippen LogP contribution in [0.25, 0.3) is 0 Å². The van der Waals surface area contributed by atoms with E-state index in [-0.39, 0.29) is 5.56 Å². The average Bonchev–Trinajstić information content (AvgIpc) is 2.13. The normalized spacial score (nSPS) is 14.8. The number of halogens is 4. The first-order valence-corrected chi connectivity index (χ1v) is 9.49. The van der Waals surface area contributed by atoms with Gasteiger partial charge in [-0.05, 0) is 17.7 Å². The molecule has 1 rings (SSSR count). The summed E-state index contributed by atoms with van der Waals surface area (Å²) in [4.78, 5) is 2.73. The lowest BCUT2D eigenvalue weighted by Crippen LogP contribution is -2.48. The molecule has 0 aliphatic rings. The van der Waals surface area contributed by atoms with E-state index < -0.39 is 20.5 Å². The van der Waals surface area contributed by atoms with Gasteiger partial charge in [-0.3, -0.25) is 0 Å². The maximum Gasteiger partial charge on any atom is 0.407 e. The van der Waals surface area contributed by atoms with Crippen LogP contribution in [0.1, 0.15) is 11.6 Å². The van der Waals surface area contributed by atoms with Gasteiger partial charge in [-0.1, -0.05) is 47.7 Å². The molecule has 1 nitrogen and oxygen atoms in total. The lowest BCUT2D eigenvalue weighted by atomic mass is 10.1. The molecule has 0 saturated carbocycles. The van der Waals surface area contributed by atoms with Gasteiger partial charge >= 0.3 is 6.18 Å². The van der Waals surface area contributed by atoms with Crippen molar-refractivity contribution in [2.75, 3.05) is 0 Å². The van der Waals surface area contributed by atoms with E-state index >= 15 is 0 Å². The van der Waals surface area contributed by atoms with E-state index in [1.165, 1.54) is 12.1 Å². The third-order valence-corrected chi connectivity index (χ3v) is 3.79. The second kappa shape index (κ2) is 5.12. The van der Waals surface area contributed by atoms with Crippen molar-refractivity contribution in [3.63, 3.8) is 0 Å². The highest BCUT2D eigenvalue weighted by Crippen LogP contribution is 2.34. The topological polar surface area (TPSA) is 12.0 Å². The van der Waals surface area contributed by atoms with Crippen LogP contribution < -0.4 is 4.98 Å². The number of hydrogen-bond acceptors (Lipinski definition) is 1. The number of nitrogens with one attached hydrogen (secondary N) is 1. The fourth-order valence-electron chi connectivity index (χ4n) is 1.44. The molecule has 1 unspecified atom stereocenters. The third kappa shape index (κ3) is 4.81. The Morgan fingerprint density at radius 3 is 1.94 bits per heavy atom. The highest BCUT2D eigenvalue weighted by Gasteiger charge is 2.42. The summed E-state index contributed by atoms with van der Waals surface area (Å²) in [5.74, 6) is 0. The van der Waals surface area contributed by atoms with Crippen molar-refractivity contribution in [3.05, 3.63) is 34.3 Å². The first kappa shape index (κ1) is 14.7. The molecule has 0 aliphatic heterocycles. The van der Waals surface area contributed by atoms with E-state index in [1.807, 2.05) is 19.6 Å². The molecular formula is C11H15BrF3NSi.